The zero-order chi connectivity index (χ0) is 18.7. The number of carbonyl (C=O) groups is 3. The van der Waals surface area contributed by atoms with E-state index in [4.69, 9.17) is 0 Å². The largest absolute Gasteiger partial charge is 0.340 e. The minimum absolute atomic E-state index is 0.0836. The molecule has 1 aliphatic carbocycles. The Hall–Kier alpha value is -2.44. The summed E-state index contributed by atoms with van der Waals surface area (Å²) in [6.07, 6.45) is 5.12. The number of amides is 4. The second-order valence-electron chi connectivity index (χ2n) is 7.16. The molecule has 2 aliphatic rings. The molecule has 1 N–H and O–H groups in total. The van der Waals surface area contributed by atoms with E-state index >= 15 is 0 Å². The molecule has 0 radical (unpaired) electrons. The van der Waals surface area contributed by atoms with Crippen molar-refractivity contribution in [1.29, 1.82) is 0 Å². The Kier molecular flexibility index (Phi) is 5.25. The number of hydrogen-bond donors (Lipinski definition) is 1. The van der Waals surface area contributed by atoms with Crippen molar-refractivity contribution in [3.63, 3.8) is 0 Å². The summed E-state index contributed by atoms with van der Waals surface area (Å²) in [5.74, 6) is -1.10. The molecule has 26 heavy (non-hydrogen) atoms. The van der Waals surface area contributed by atoms with Crippen LogP contribution in [-0.4, -0.2) is 46.8 Å². The van der Waals surface area contributed by atoms with Gasteiger partial charge in [0.2, 0.25) is 5.91 Å². The minimum Gasteiger partial charge on any atom is -0.340 e. The smallest absolute Gasteiger partial charge is 0.325 e. The Labute approximate surface area is 152 Å². The predicted molar refractivity (Wildman–Crippen MR) is 93.6 cm³/mol. The average Bonchev–Trinajstić information content (AvgIpc) is 2.78. The molecule has 2 fully saturated rings. The molecular formula is C19H24FN3O3. The molecular weight excluding hydrogens is 337 g/mol. The minimum atomic E-state index is -0.849. The third-order valence-corrected chi connectivity index (χ3v) is 5.29. The van der Waals surface area contributed by atoms with Crippen LogP contribution in [0.2, 0.25) is 0 Å². The SMILES string of the molecule is CN(Cc1ccccc1F)C(=O)CN1C(=O)NC2(CCCCCC2)C1=O. The first-order valence-electron chi connectivity index (χ1n) is 9.04. The van der Waals surface area contributed by atoms with E-state index in [9.17, 15) is 18.8 Å². The van der Waals surface area contributed by atoms with Crippen molar-refractivity contribution in [3.8, 4) is 0 Å². The van der Waals surface area contributed by atoms with Crippen LogP contribution in [0.1, 0.15) is 44.1 Å². The molecule has 4 amide bonds. The summed E-state index contributed by atoms with van der Waals surface area (Å²) in [6.45, 7) is -0.238. The summed E-state index contributed by atoms with van der Waals surface area (Å²) in [4.78, 5) is 39.9. The maximum absolute atomic E-state index is 13.8. The van der Waals surface area contributed by atoms with E-state index in [1.807, 2.05) is 0 Å². The van der Waals surface area contributed by atoms with Crippen LogP contribution in [-0.2, 0) is 16.1 Å². The summed E-state index contributed by atoms with van der Waals surface area (Å²) < 4.78 is 13.8. The molecule has 0 unspecified atom stereocenters. The van der Waals surface area contributed by atoms with Crippen molar-refractivity contribution in [3.05, 3.63) is 35.6 Å². The monoisotopic (exact) mass is 361 g/mol. The molecule has 1 saturated heterocycles. The Morgan fingerprint density at radius 1 is 1.19 bits per heavy atom. The van der Waals surface area contributed by atoms with E-state index in [2.05, 4.69) is 5.32 Å². The molecule has 1 heterocycles. The Bertz CT molecular complexity index is 714. The number of imide groups is 1. The van der Waals surface area contributed by atoms with E-state index in [1.165, 1.54) is 18.0 Å². The number of urea groups is 1. The lowest BCUT2D eigenvalue weighted by Crippen LogP contribution is -2.47. The van der Waals surface area contributed by atoms with Gasteiger partial charge in [-0.3, -0.25) is 14.5 Å². The lowest BCUT2D eigenvalue weighted by atomic mass is 9.90. The van der Waals surface area contributed by atoms with Gasteiger partial charge in [-0.2, -0.15) is 0 Å². The topological polar surface area (TPSA) is 69.7 Å². The molecule has 6 nitrogen and oxygen atoms in total. The summed E-state index contributed by atoms with van der Waals surface area (Å²) in [6, 6.07) is 5.71. The van der Waals surface area contributed by atoms with Gasteiger partial charge < -0.3 is 10.2 Å². The molecule has 140 valence electrons. The fourth-order valence-corrected chi connectivity index (χ4v) is 3.72. The number of nitrogens with one attached hydrogen (secondary N) is 1. The first-order chi connectivity index (χ1) is 12.4. The highest BCUT2D eigenvalue weighted by Gasteiger charge is 2.51. The van der Waals surface area contributed by atoms with Crippen molar-refractivity contribution in [1.82, 2.24) is 15.1 Å². The van der Waals surface area contributed by atoms with Gasteiger partial charge in [-0.05, 0) is 18.9 Å². The van der Waals surface area contributed by atoms with Crippen LogP contribution in [0.3, 0.4) is 0 Å². The average molecular weight is 361 g/mol. The van der Waals surface area contributed by atoms with Gasteiger partial charge in [0, 0.05) is 19.2 Å². The van der Waals surface area contributed by atoms with Crippen LogP contribution in [0.5, 0.6) is 0 Å². The van der Waals surface area contributed by atoms with Crippen LogP contribution in [0.15, 0.2) is 24.3 Å². The number of likely N-dealkylation sites (N-methyl/N-ethyl adjacent to an activating group) is 1. The summed E-state index contributed by atoms with van der Waals surface area (Å²) in [5, 5.41) is 2.82. The molecule has 1 saturated carbocycles. The number of hydrogen-bond acceptors (Lipinski definition) is 3. The first kappa shape index (κ1) is 18.4. The van der Waals surface area contributed by atoms with Crippen LogP contribution in [0, 0.1) is 5.82 Å². The van der Waals surface area contributed by atoms with Gasteiger partial charge in [0.25, 0.3) is 5.91 Å². The second kappa shape index (κ2) is 7.43. The third kappa shape index (κ3) is 3.57. The van der Waals surface area contributed by atoms with Crippen LogP contribution >= 0.6 is 0 Å². The molecule has 3 rings (SSSR count). The van der Waals surface area contributed by atoms with Crippen LogP contribution in [0.25, 0.3) is 0 Å². The highest BCUT2D eigenvalue weighted by atomic mass is 19.1. The fourth-order valence-electron chi connectivity index (χ4n) is 3.72. The van der Waals surface area contributed by atoms with Crippen LogP contribution < -0.4 is 5.32 Å². The Morgan fingerprint density at radius 2 is 1.85 bits per heavy atom. The summed E-state index contributed by atoms with van der Waals surface area (Å²) >= 11 is 0. The maximum atomic E-state index is 13.8. The Balaban J connectivity index is 1.66. The number of rotatable bonds is 4. The third-order valence-electron chi connectivity index (χ3n) is 5.29. The second-order valence-corrected chi connectivity index (χ2v) is 7.16. The van der Waals surface area contributed by atoms with Gasteiger partial charge in [0.15, 0.2) is 0 Å². The molecule has 1 aromatic carbocycles. The summed E-state index contributed by atoms with van der Waals surface area (Å²) in [7, 11) is 1.54. The molecule has 7 heteroatoms. The van der Waals surface area contributed by atoms with E-state index in [0.29, 0.717) is 18.4 Å². The fraction of sp³-hybridized carbons (Fsp3) is 0.526. The lowest BCUT2D eigenvalue weighted by Gasteiger charge is -2.25. The number of carbonyl (C=O) groups excluding carboxylic acids is 3. The van der Waals surface area contributed by atoms with E-state index in [-0.39, 0.29) is 24.8 Å². The molecule has 0 aromatic heterocycles. The number of nitrogens with zero attached hydrogens (tertiary/aromatic N) is 2. The standard InChI is InChI=1S/C19H24FN3O3/c1-22(12-14-8-4-5-9-15(14)20)16(24)13-23-17(25)19(21-18(23)26)10-6-2-3-7-11-19/h4-5,8-9H,2-3,6-7,10-13H2,1H3,(H,21,26). The van der Waals surface area contributed by atoms with Crippen LogP contribution in [0.4, 0.5) is 9.18 Å². The normalized spacial score (nSPS) is 19.4. The molecule has 0 bridgehead atoms. The first-order valence-corrected chi connectivity index (χ1v) is 9.04. The number of halogens is 1. The predicted octanol–water partition coefficient (Wildman–Crippen LogP) is 2.43. The molecule has 1 spiro atoms. The van der Waals surface area contributed by atoms with Gasteiger partial charge in [-0.25, -0.2) is 9.18 Å². The van der Waals surface area contributed by atoms with Gasteiger partial charge >= 0.3 is 6.03 Å². The van der Waals surface area contributed by atoms with Crippen molar-refractivity contribution < 1.29 is 18.8 Å². The quantitative estimate of drug-likeness (QED) is 0.838. The van der Waals surface area contributed by atoms with Crippen molar-refractivity contribution in [2.75, 3.05) is 13.6 Å². The van der Waals surface area contributed by atoms with Gasteiger partial charge in [0.05, 0.1) is 0 Å². The highest BCUT2D eigenvalue weighted by molar-refractivity contribution is 6.09. The van der Waals surface area contributed by atoms with Gasteiger partial charge in [-0.15, -0.1) is 0 Å². The number of benzene rings is 1. The van der Waals surface area contributed by atoms with Crippen molar-refractivity contribution >= 4 is 17.8 Å². The maximum Gasteiger partial charge on any atom is 0.325 e. The van der Waals surface area contributed by atoms with Gasteiger partial charge in [0.1, 0.15) is 17.9 Å². The lowest BCUT2D eigenvalue weighted by molar-refractivity contribution is -0.138. The Morgan fingerprint density at radius 3 is 2.50 bits per heavy atom. The van der Waals surface area contributed by atoms with Crippen molar-refractivity contribution in [2.24, 2.45) is 0 Å². The van der Waals surface area contributed by atoms with E-state index in [0.717, 1.165) is 30.6 Å². The van der Waals surface area contributed by atoms with Gasteiger partial charge in [-0.1, -0.05) is 43.9 Å². The highest BCUT2D eigenvalue weighted by Crippen LogP contribution is 2.32. The van der Waals surface area contributed by atoms with E-state index in [1.54, 1.807) is 18.2 Å². The van der Waals surface area contributed by atoms with E-state index < -0.39 is 17.5 Å². The molecule has 1 aliphatic heterocycles. The zero-order valence-electron chi connectivity index (χ0n) is 15.0. The molecule has 1 aromatic rings. The zero-order valence-corrected chi connectivity index (χ0v) is 15.0. The van der Waals surface area contributed by atoms with Crippen molar-refractivity contribution in [2.45, 2.75) is 50.6 Å². The summed E-state index contributed by atoms with van der Waals surface area (Å²) in [5.41, 5.74) is -0.460. The molecule has 0 atom stereocenters.